The van der Waals surface area contributed by atoms with Crippen LogP contribution in [0, 0.1) is 5.92 Å². The Bertz CT molecular complexity index is 753. The van der Waals surface area contributed by atoms with Crippen molar-refractivity contribution >= 4 is 23.5 Å². The molecule has 3 heterocycles. The van der Waals surface area contributed by atoms with Crippen LogP contribution in [-0.4, -0.2) is 71.3 Å². The molecule has 3 saturated heterocycles. The largest absolute Gasteiger partial charge is 0.490 e. The molecule has 3 unspecified atom stereocenters. The number of rotatable bonds is 3. The summed E-state index contributed by atoms with van der Waals surface area (Å²) in [6.45, 7) is 4.53. The van der Waals surface area contributed by atoms with Gasteiger partial charge in [0.15, 0.2) is 0 Å². The number of morpholine rings is 1. The third kappa shape index (κ3) is 5.86. The maximum atomic E-state index is 12.7. The van der Waals surface area contributed by atoms with Crippen LogP contribution in [0.4, 0.5) is 13.2 Å². The second kappa shape index (κ2) is 9.53. The summed E-state index contributed by atoms with van der Waals surface area (Å²) >= 11 is 5.95. The van der Waals surface area contributed by atoms with Crippen molar-refractivity contribution in [3.63, 3.8) is 0 Å². The second-order valence-corrected chi connectivity index (χ2v) is 8.23. The predicted octanol–water partition coefficient (Wildman–Crippen LogP) is 3.19. The summed E-state index contributed by atoms with van der Waals surface area (Å²) in [4.78, 5) is 26.1. The number of carbonyl (C=O) groups is 2. The van der Waals surface area contributed by atoms with E-state index in [4.69, 9.17) is 26.2 Å². The number of likely N-dealkylation sites (tertiary alicyclic amines) is 2. The Balaban J connectivity index is 0.000000318. The number of carboxylic acid groups (broad SMARTS) is 1. The Morgan fingerprint density at radius 2 is 1.73 bits per heavy atom. The number of aliphatic carboxylic acids is 1. The van der Waals surface area contributed by atoms with Gasteiger partial charge in [-0.05, 0) is 37.0 Å². The summed E-state index contributed by atoms with van der Waals surface area (Å²) in [5.41, 5.74) is 1.26. The first-order valence-corrected chi connectivity index (χ1v) is 10.2. The highest BCUT2D eigenvalue weighted by atomic mass is 35.5. The minimum absolute atomic E-state index is 0.0633. The van der Waals surface area contributed by atoms with Crippen molar-refractivity contribution < 1.29 is 32.6 Å². The average molecular weight is 449 g/mol. The highest BCUT2D eigenvalue weighted by molar-refractivity contribution is 6.30. The minimum Gasteiger partial charge on any atom is -0.475 e. The molecule has 1 N–H and O–H groups in total. The minimum atomic E-state index is -5.08. The number of nitrogens with zero attached hydrogens (tertiary/aromatic N) is 2. The number of halogens is 4. The molecular weight excluding hydrogens is 425 g/mol. The number of benzene rings is 1. The van der Waals surface area contributed by atoms with E-state index < -0.39 is 12.1 Å². The van der Waals surface area contributed by atoms with Gasteiger partial charge in [-0.15, -0.1) is 0 Å². The molecule has 0 radical (unpaired) electrons. The van der Waals surface area contributed by atoms with Crippen molar-refractivity contribution in [2.24, 2.45) is 5.92 Å². The van der Waals surface area contributed by atoms with Crippen molar-refractivity contribution in [3.8, 4) is 0 Å². The lowest BCUT2D eigenvalue weighted by Crippen LogP contribution is -2.45. The monoisotopic (exact) mass is 448 g/mol. The van der Waals surface area contributed by atoms with Crippen molar-refractivity contribution in [1.82, 2.24) is 9.80 Å². The molecule has 3 fully saturated rings. The molecule has 0 spiro atoms. The molecule has 4 rings (SSSR count). The lowest BCUT2D eigenvalue weighted by molar-refractivity contribution is -0.192. The van der Waals surface area contributed by atoms with Gasteiger partial charge in [0.2, 0.25) is 5.91 Å². The molecular formula is C20H24ClF3N2O4. The zero-order valence-electron chi connectivity index (χ0n) is 16.3. The summed E-state index contributed by atoms with van der Waals surface area (Å²) in [5, 5.41) is 7.90. The number of fused-ring (bicyclic) bond motifs is 2. The van der Waals surface area contributed by atoms with E-state index in [1.165, 1.54) is 5.56 Å². The molecule has 6 nitrogen and oxygen atoms in total. The molecule has 30 heavy (non-hydrogen) atoms. The van der Waals surface area contributed by atoms with E-state index >= 15 is 0 Å². The van der Waals surface area contributed by atoms with Crippen LogP contribution in [0.25, 0.3) is 0 Å². The van der Waals surface area contributed by atoms with Crippen LogP contribution < -0.4 is 0 Å². The Kier molecular flexibility index (Phi) is 7.26. The van der Waals surface area contributed by atoms with Gasteiger partial charge in [-0.3, -0.25) is 9.69 Å². The third-order valence-electron chi connectivity index (χ3n) is 5.53. The molecule has 1 amide bonds. The molecule has 10 heteroatoms. The molecule has 1 aromatic rings. The van der Waals surface area contributed by atoms with Crippen LogP contribution >= 0.6 is 11.6 Å². The standard InChI is InChI=1S/C18H23ClN2O2.C2HF3O2/c19-14-5-3-13(4-6-14)10-20-11-15-9-16(17(12-20)23-15)18(22)21-7-1-2-8-21;3-2(4,5)1(6)7/h3-6,15-17H,1-2,7-12H2;(H,6,7). The van der Waals surface area contributed by atoms with Gasteiger partial charge in [0, 0.05) is 37.7 Å². The first-order valence-electron chi connectivity index (χ1n) is 9.84. The molecule has 166 valence electrons. The van der Waals surface area contributed by atoms with E-state index in [0.717, 1.165) is 57.0 Å². The molecule has 3 aliphatic heterocycles. The van der Waals surface area contributed by atoms with E-state index in [1.807, 2.05) is 17.0 Å². The van der Waals surface area contributed by atoms with Crippen LogP contribution in [0.5, 0.6) is 0 Å². The van der Waals surface area contributed by atoms with Gasteiger partial charge in [-0.25, -0.2) is 4.79 Å². The fourth-order valence-corrected chi connectivity index (χ4v) is 4.27. The normalized spacial score (nSPS) is 26.3. The first-order chi connectivity index (χ1) is 14.1. The van der Waals surface area contributed by atoms with Gasteiger partial charge in [-0.1, -0.05) is 23.7 Å². The van der Waals surface area contributed by atoms with E-state index in [1.54, 1.807) is 0 Å². The quantitative estimate of drug-likeness (QED) is 0.769. The van der Waals surface area contributed by atoms with E-state index in [0.29, 0.717) is 5.91 Å². The topological polar surface area (TPSA) is 70.1 Å². The fraction of sp³-hybridized carbons (Fsp3) is 0.600. The number of amides is 1. The SMILES string of the molecule is O=C(C1CC2CN(Cc3ccc(Cl)cc3)CC1O2)N1CCCC1.O=C(O)C(F)(F)F. The van der Waals surface area contributed by atoms with E-state index in [2.05, 4.69) is 17.0 Å². The molecule has 2 bridgehead atoms. The Morgan fingerprint density at radius 3 is 2.30 bits per heavy atom. The van der Waals surface area contributed by atoms with Gasteiger partial charge in [0.1, 0.15) is 0 Å². The van der Waals surface area contributed by atoms with Crippen LogP contribution in [-0.2, 0) is 20.9 Å². The molecule has 3 aliphatic rings. The molecule has 0 saturated carbocycles. The number of alkyl halides is 3. The third-order valence-corrected chi connectivity index (χ3v) is 5.78. The summed E-state index contributed by atoms with van der Waals surface area (Å²) < 4.78 is 37.8. The Labute approximate surface area is 177 Å². The average Bonchev–Trinajstić information content (AvgIpc) is 3.31. The lowest BCUT2D eigenvalue weighted by Gasteiger charge is -2.33. The van der Waals surface area contributed by atoms with Gasteiger partial charge < -0.3 is 14.7 Å². The number of hydrogen-bond donors (Lipinski definition) is 1. The van der Waals surface area contributed by atoms with Crippen molar-refractivity contribution in [1.29, 1.82) is 0 Å². The molecule has 0 aromatic heterocycles. The van der Waals surface area contributed by atoms with Gasteiger partial charge in [0.25, 0.3) is 0 Å². The molecule has 1 aromatic carbocycles. The first kappa shape index (κ1) is 22.8. The van der Waals surface area contributed by atoms with Gasteiger partial charge >= 0.3 is 12.1 Å². The van der Waals surface area contributed by atoms with Crippen LogP contribution in [0.15, 0.2) is 24.3 Å². The second-order valence-electron chi connectivity index (χ2n) is 7.79. The van der Waals surface area contributed by atoms with Crippen molar-refractivity contribution in [3.05, 3.63) is 34.9 Å². The molecule has 0 aliphatic carbocycles. The molecule has 3 atom stereocenters. The fourth-order valence-electron chi connectivity index (χ4n) is 4.15. The van der Waals surface area contributed by atoms with E-state index in [-0.39, 0.29) is 18.1 Å². The van der Waals surface area contributed by atoms with Crippen LogP contribution in [0.2, 0.25) is 5.02 Å². The highest BCUT2D eigenvalue weighted by Gasteiger charge is 2.46. The zero-order valence-corrected chi connectivity index (χ0v) is 17.0. The Hall–Kier alpha value is -1.84. The maximum absolute atomic E-state index is 12.7. The maximum Gasteiger partial charge on any atom is 0.490 e. The summed E-state index contributed by atoms with van der Waals surface area (Å²) in [7, 11) is 0. The highest BCUT2D eigenvalue weighted by Crippen LogP contribution is 2.34. The van der Waals surface area contributed by atoms with Crippen LogP contribution in [0.1, 0.15) is 24.8 Å². The Morgan fingerprint density at radius 1 is 1.13 bits per heavy atom. The van der Waals surface area contributed by atoms with E-state index in [9.17, 15) is 18.0 Å². The zero-order chi connectivity index (χ0) is 21.9. The summed E-state index contributed by atoms with van der Waals surface area (Å²) in [6.07, 6.45) is -1.63. The number of carbonyl (C=O) groups excluding carboxylic acids is 1. The van der Waals surface area contributed by atoms with Gasteiger partial charge in [0.05, 0.1) is 18.1 Å². The van der Waals surface area contributed by atoms with Gasteiger partial charge in [-0.2, -0.15) is 13.2 Å². The summed E-state index contributed by atoms with van der Waals surface area (Å²) in [5.74, 6) is -2.37. The van der Waals surface area contributed by atoms with Crippen molar-refractivity contribution in [2.75, 3.05) is 26.2 Å². The number of ether oxygens (including phenoxy) is 1. The number of carboxylic acids is 1. The smallest absolute Gasteiger partial charge is 0.475 e. The van der Waals surface area contributed by atoms with Crippen molar-refractivity contribution in [2.45, 2.75) is 44.2 Å². The predicted molar refractivity (Wildman–Crippen MR) is 103 cm³/mol. The lowest BCUT2D eigenvalue weighted by atomic mass is 9.99. The number of hydrogen-bond acceptors (Lipinski definition) is 4. The summed E-state index contributed by atoms with van der Waals surface area (Å²) in [6, 6.07) is 8.02. The van der Waals surface area contributed by atoms with Crippen LogP contribution in [0.3, 0.4) is 0 Å².